The molecule has 1 unspecified atom stereocenters. The Morgan fingerprint density at radius 3 is 2.47 bits per heavy atom. The predicted octanol–water partition coefficient (Wildman–Crippen LogP) is 2.18. The second-order valence-electron chi connectivity index (χ2n) is 6.82. The fourth-order valence-electron chi connectivity index (χ4n) is 3.13. The number of ether oxygens (including phenoxy) is 3. The quantitative estimate of drug-likeness (QED) is 0.362. The smallest absolute Gasteiger partial charge is 0.323 e. The Balaban J connectivity index is 0.00000320. The van der Waals surface area contributed by atoms with E-state index in [1.807, 2.05) is 31.2 Å². The van der Waals surface area contributed by atoms with Crippen molar-refractivity contribution < 1.29 is 19.3 Å². The van der Waals surface area contributed by atoms with Crippen molar-refractivity contribution in [1.29, 1.82) is 0 Å². The van der Waals surface area contributed by atoms with Gasteiger partial charge in [-0.3, -0.25) is 0 Å². The number of aromatic amines is 2. The highest BCUT2D eigenvalue weighted by molar-refractivity contribution is 5.85. The number of H-pyrrole nitrogens is 2. The van der Waals surface area contributed by atoms with E-state index in [1.165, 1.54) is 0 Å². The van der Waals surface area contributed by atoms with E-state index in [2.05, 4.69) is 15.3 Å². The Hall–Kier alpha value is -2.68. The van der Waals surface area contributed by atoms with E-state index in [1.54, 1.807) is 20.3 Å². The zero-order chi connectivity index (χ0) is 20.8. The molecule has 0 fully saturated rings. The lowest BCUT2D eigenvalue weighted by molar-refractivity contribution is 0.107. The first-order chi connectivity index (χ1) is 14.0. The molecule has 1 aromatic heterocycles. The van der Waals surface area contributed by atoms with Gasteiger partial charge in [-0.1, -0.05) is 12.1 Å². The molecule has 30 heavy (non-hydrogen) atoms. The molecule has 0 bridgehead atoms. The van der Waals surface area contributed by atoms with Gasteiger partial charge in [-0.25, -0.2) is 4.79 Å². The number of halogens is 1. The van der Waals surface area contributed by atoms with Crippen LogP contribution in [0.5, 0.6) is 17.2 Å². The maximum Gasteiger partial charge on any atom is 0.323 e. The number of aliphatic hydroxyl groups excluding tert-OH is 1. The Morgan fingerprint density at radius 1 is 1.03 bits per heavy atom. The van der Waals surface area contributed by atoms with Crippen LogP contribution >= 0.6 is 12.4 Å². The van der Waals surface area contributed by atoms with Crippen molar-refractivity contribution in [2.75, 3.05) is 33.9 Å². The van der Waals surface area contributed by atoms with Crippen molar-refractivity contribution in [3.63, 3.8) is 0 Å². The minimum atomic E-state index is -0.678. The molecule has 164 valence electrons. The fraction of sp³-hybridized carbons (Fsp3) is 0.381. The number of aliphatic hydroxyl groups is 1. The Bertz CT molecular complexity index is 1020. The number of imidazole rings is 1. The van der Waals surface area contributed by atoms with Crippen molar-refractivity contribution in [3.8, 4) is 17.2 Å². The van der Waals surface area contributed by atoms with Gasteiger partial charge in [0.05, 0.1) is 19.7 Å². The standard InChI is InChI=1S/C21H27N3O5.ClH/c1-13-4-6-17(20-19(13)23-21(26)24-20)29-12-15(25)11-22-9-8-14-5-7-16(27-2)18(10-14)28-3;/h4-7,10,15,22,25H,8-9,11-12H2,1-3H3,(H2,23,24,26);1H. The molecule has 0 aliphatic heterocycles. The summed E-state index contributed by atoms with van der Waals surface area (Å²) in [4.78, 5) is 17.0. The monoisotopic (exact) mass is 437 g/mol. The molecule has 2 aromatic carbocycles. The summed E-state index contributed by atoms with van der Waals surface area (Å²) < 4.78 is 16.3. The summed E-state index contributed by atoms with van der Waals surface area (Å²) in [6, 6.07) is 9.47. The molecule has 0 radical (unpaired) electrons. The van der Waals surface area contributed by atoms with Gasteiger partial charge < -0.3 is 34.6 Å². The summed E-state index contributed by atoms with van der Waals surface area (Å²) in [5.74, 6) is 1.93. The summed E-state index contributed by atoms with van der Waals surface area (Å²) in [7, 11) is 3.22. The lowest BCUT2D eigenvalue weighted by Gasteiger charge is -2.14. The van der Waals surface area contributed by atoms with Crippen molar-refractivity contribution >= 4 is 23.4 Å². The molecule has 1 atom stereocenters. The molecular formula is C21H28ClN3O5. The summed E-state index contributed by atoms with van der Waals surface area (Å²) in [6.07, 6.45) is 0.110. The summed E-state index contributed by atoms with van der Waals surface area (Å²) in [5.41, 5.74) is 3.11. The topological polar surface area (TPSA) is 109 Å². The van der Waals surface area contributed by atoms with Gasteiger partial charge in [0.1, 0.15) is 24.0 Å². The highest BCUT2D eigenvalue weighted by Crippen LogP contribution is 2.27. The number of aryl methyl sites for hydroxylation is 1. The minimum absolute atomic E-state index is 0. The number of nitrogens with one attached hydrogen (secondary N) is 3. The Labute approximate surface area is 181 Å². The third kappa shape index (κ3) is 5.69. The Morgan fingerprint density at radius 2 is 1.73 bits per heavy atom. The lowest BCUT2D eigenvalue weighted by atomic mass is 10.1. The Kier molecular flexibility index (Phi) is 8.58. The van der Waals surface area contributed by atoms with Crippen LogP contribution in [0.3, 0.4) is 0 Å². The summed E-state index contributed by atoms with van der Waals surface area (Å²) in [6.45, 7) is 3.13. The van der Waals surface area contributed by atoms with Crippen LogP contribution in [0.4, 0.5) is 0 Å². The van der Waals surface area contributed by atoms with Crippen LogP contribution in [0.2, 0.25) is 0 Å². The van der Waals surface area contributed by atoms with Crippen LogP contribution in [0.25, 0.3) is 11.0 Å². The second kappa shape index (κ2) is 10.9. The zero-order valence-electron chi connectivity index (χ0n) is 17.3. The van der Waals surface area contributed by atoms with Crippen LogP contribution in [-0.2, 0) is 6.42 Å². The molecular weight excluding hydrogens is 410 g/mol. The lowest BCUT2D eigenvalue weighted by Crippen LogP contribution is -2.32. The molecule has 3 rings (SSSR count). The van der Waals surface area contributed by atoms with Gasteiger partial charge in [-0.2, -0.15) is 0 Å². The van der Waals surface area contributed by atoms with E-state index >= 15 is 0 Å². The van der Waals surface area contributed by atoms with Crippen molar-refractivity contribution in [2.24, 2.45) is 0 Å². The molecule has 0 aliphatic carbocycles. The third-order valence-electron chi connectivity index (χ3n) is 4.70. The first kappa shape index (κ1) is 23.6. The van der Waals surface area contributed by atoms with Crippen LogP contribution in [0.15, 0.2) is 35.1 Å². The minimum Gasteiger partial charge on any atom is -0.493 e. The zero-order valence-corrected chi connectivity index (χ0v) is 18.1. The predicted molar refractivity (Wildman–Crippen MR) is 119 cm³/mol. The SMILES string of the molecule is COc1ccc(CCNCC(O)COc2ccc(C)c3[nH]c(=O)[nH]c23)cc1OC.Cl. The highest BCUT2D eigenvalue weighted by atomic mass is 35.5. The number of hydrogen-bond donors (Lipinski definition) is 4. The van der Waals surface area contributed by atoms with E-state index in [0.29, 0.717) is 35.9 Å². The van der Waals surface area contributed by atoms with E-state index in [9.17, 15) is 9.90 Å². The van der Waals surface area contributed by atoms with Crippen molar-refractivity contribution in [1.82, 2.24) is 15.3 Å². The molecule has 0 saturated heterocycles. The molecule has 0 spiro atoms. The van der Waals surface area contributed by atoms with Crippen molar-refractivity contribution in [3.05, 3.63) is 51.9 Å². The largest absolute Gasteiger partial charge is 0.493 e. The van der Waals surface area contributed by atoms with E-state index in [-0.39, 0.29) is 24.7 Å². The number of fused-ring (bicyclic) bond motifs is 1. The van der Waals surface area contributed by atoms with Gasteiger partial charge >= 0.3 is 5.69 Å². The molecule has 0 amide bonds. The fourth-order valence-corrected chi connectivity index (χ4v) is 3.13. The van der Waals surface area contributed by atoms with Gasteiger partial charge in [-0.05, 0) is 49.2 Å². The van der Waals surface area contributed by atoms with E-state index < -0.39 is 6.10 Å². The summed E-state index contributed by atoms with van der Waals surface area (Å²) in [5, 5.41) is 13.4. The van der Waals surface area contributed by atoms with E-state index in [4.69, 9.17) is 14.2 Å². The first-order valence-corrected chi connectivity index (χ1v) is 9.46. The number of hydrogen-bond acceptors (Lipinski definition) is 6. The molecule has 9 heteroatoms. The van der Waals surface area contributed by atoms with Crippen LogP contribution in [0, 0.1) is 6.92 Å². The van der Waals surface area contributed by atoms with Crippen LogP contribution in [-0.4, -0.2) is 55.1 Å². The average molecular weight is 438 g/mol. The van der Waals surface area contributed by atoms with E-state index in [0.717, 1.165) is 23.1 Å². The van der Waals surface area contributed by atoms with Gasteiger partial charge in [0.25, 0.3) is 0 Å². The molecule has 3 aromatic rings. The highest BCUT2D eigenvalue weighted by Gasteiger charge is 2.11. The van der Waals surface area contributed by atoms with Crippen molar-refractivity contribution in [2.45, 2.75) is 19.4 Å². The van der Waals surface area contributed by atoms with Gasteiger partial charge in [-0.15, -0.1) is 12.4 Å². The average Bonchev–Trinajstić information content (AvgIpc) is 3.13. The third-order valence-corrected chi connectivity index (χ3v) is 4.70. The summed E-state index contributed by atoms with van der Waals surface area (Å²) >= 11 is 0. The molecule has 0 aliphatic rings. The molecule has 0 saturated carbocycles. The first-order valence-electron chi connectivity index (χ1n) is 9.46. The number of benzene rings is 2. The molecule has 8 nitrogen and oxygen atoms in total. The van der Waals surface area contributed by atoms with Gasteiger partial charge in [0.15, 0.2) is 11.5 Å². The number of rotatable bonds is 10. The van der Waals surface area contributed by atoms with Crippen LogP contribution < -0.4 is 25.2 Å². The van der Waals surface area contributed by atoms with Gasteiger partial charge in [0.2, 0.25) is 0 Å². The maximum absolute atomic E-state index is 11.6. The normalized spacial score (nSPS) is 11.7. The van der Waals surface area contributed by atoms with Gasteiger partial charge in [0, 0.05) is 6.54 Å². The van der Waals surface area contributed by atoms with Crippen LogP contribution in [0.1, 0.15) is 11.1 Å². The number of aromatic nitrogens is 2. The maximum atomic E-state index is 11.6. The molecule has 1 heterocycles. The second-order valence-corrected chi connectivity index (χ2v) is 6.82. The number of methoxy groups -OCH3 is 2. The molecule has 4 N–H and O–H groups in total.